The third-order valence-corrected chi connectivity index (χ3v) is 9.14. The smallest absolute Gasteiger partial charge is 0.264 e. The molecule has 0 aromatic heterocycles. The third-order valence-electron chi connectivity index (χ3n) is 6.42. The van der Waals surface area contributed by atoms with E-state index in [1.165, 1.54) is 17.0 Å². The minimum Gasteiger partial charge on any atom is -0.354 e. The summed E-state index contributed by atoms with van der Waals surface area (Å²) in [6, 6.07) is 16.6. The van der Waals surface area contributed by atoms with Crippen LogP contribution >= 0.6 is 34.8 Å². The van der Waals surface area contributed by atoms with Gasteiger partial charge in [-0.1, -0.05) is 72.4 Å². The Balaban J connectivity index is 2.06. The van der Waals surface area contributed by atoms with Gasteiger partial charge in [-0.2, -0.15) is 0 Å². The number of nitrogens with zero attached hydrogens (tertiary/aromatic N) is 2. The first-order chi connectivity index (χ1) is 19.0. The van der Waals surface area contributed by atoms with Crippen LogP contribution in [0.4, 0.5) is 5.69 Å². The zero-order valence-electron chi connectivity index (χ0n) is 22.5. The Kier molecular flexibility index (Phi) is 11.3. The molecule has 0 saturated heterocycles. The molecule has 0 unspecified atom stereocenters. The van der Waals surface area contributed by atoms with Gasteiger partial charge >= 0.3 is 0 Å². The van der Waals surface area contributed by atoms with Crippen LogP contribution in [-0.4, -0.2) is 44.3 Å². The number of halogens is 3. The molecule has 0 aliphatic carbocycles. The molecular weight excluding hydrogens is 593 g/mol. The third kappa shape index (κ3) is 7.69. The number of unbranched alkanes of at least 4 members (excludes halogenated alkanes) is 1. The highest BCUT2D eigenvalue weighted by Crippen LogP contribution is 2.30. The summed E-state index contributed by atoms with van der Waals surface area (Å²) in [5.41, 5.74) is 1.30. The van der Waals surface area contributed by atoms with Crippen molar-refractivity contribution in [1.82, 2.24) is 10.2 Å². The van der Waals surface area contributed by atoms with Gasteiger partial charge < -0.3 is 10.2 Å². The molecule has 0 bridgehead atoms. The fourth-order valence-corrected chi connectivity index (χ4v) is 6.35. The van der Waals surface area contributed by atoms with Gasteiger partial charge in [0.2, 0.25) is 11.8 Å². The molecule has 11 heteroatoms. The van der Waals surface area contributed by atoms with Crippen molar-refractivity contribution in [2.75, 3.05) is 17.4 Å². The summed E-state index contributed by atoms with van der Waals surface area (Å²) in [6.07, 6.45) is 1.67. The number of hydrogen-bond donors (Lipinski definition) is 1. The van der Waals surface area contributed by atoms with E-state index in [2.05, 4.69) is 5.32 Å². The van der Waals surface area contributed by atoms with Gasteiger partial charge in [-0.3, -0.25) is 13.9 Å². The first-order valence-corrected chi connectivity index (χ1v) is 15.4. The van der Waals surface area contributed by atoms with Crippen LogP contribution < -0.4 is 9.62 Å². The molecule has 0 fully saturated rings. The van der Waals surface area contributed by atoms with Gasteiger partial charge in [0.15, 0.2) is 0 Å². The number of carbonyl (C=O) groups is 2. The summed E-state index contributed by atoms with van der Waals surface area (Å²) in [6.45, 7) is 5.09. The molecule has 0 aliphatic rings. The van der Waals surface area contributed by atoms with Crippen LogP contribution in [0.1, 0.15) is 37.8 Å². The van der Waals surface area contributed by atoms with Crippen LogP contribution in [0.5, 0.6) is 0 Å². The molecule has 0 spiro atoms. The monoisotopic (exact) mass is 623 g/mol. The normalized spacial score (nSPS) is 12.1. The van der Waals surface area contributed by atoms with Crippen molar-refractivity contribution < 1.29 is 18.0 Å². The van der Waals surface area contributed by atoms with Crippen LogP contribution in [0.3, 0.4) is 0 Å². The van der Waals surface area contributed by atoms with Crippen molar-refractivity contribution >= 4 is 62.3 Å². The zero-order chi connectivity index (χ0) is 29.4. The van der Waals surface area contributed by atoms with E-state index in [0.717, 1.165) is 17.1 Å². The molecule has 0 saturated carbocycles. The number of amides is 2. The quantitative estimate of drug-likeness (QED) is 0.234. The molecule has 0 heterocycles. The maximum absolute atomic E-state index is 14.0. The molecule has 7 nitrogen and oxygen atoms in total. The van der Waals surface area contributed by atoms with Crippen molar-refractivity contribution in [3.8, 4) is 0 Å². The van der Waals surface area contributed by atoms with Crippen molar-refractivity contribution in [1.29, 1.82) is 0 Å². The number of hydrogen-bond acceptors (Lipinski definition) is 4. The Morgan fingerprint density at radius 1 is 0.950 bits per heavy atom. The van der Waals surface area contributed by atoms with Crippen molar-refractivity contribution in [3.05, 3.63) is 92.9 Å². The molecule has 0 aliphatic heterocycles. The Morgan fingerprint density at radius 2 is 1.60 bits per heavy atom. The number of carbonyl (C=O) groups excluding carboxylic acids is 2. The van der Waals surface area contributed by atoms with Gasteiger partial charge in [0.05, 0.1) is 10.6 Å². The van der Waals surface area contributed by atoms with Crippen LogP contribution in [0.2, 0.25) is 15.1 Å². The Morgan fingerprint density at radius 3 is 2.20 bits per heavy atom. The van der Waals surface area contributed by atoms with E-state index in [-0.39, 0.29) is 23.0 Å². The molecule has 3 aromatic carbocycles. The first-order valence-electron chi connectivity index (χ1n) is 12.8. The van der Waals surface area contributed by atoms with Crippen LogP contribution in [0, 0.1) is 6.92 Å². The molecule has 1 N–H and O–H groups in total. The lowest BCUT2D eigenvalue weighted by Crippen LogP contribution is -2.51. The number of nitrogens with one attached hydrogen (secondary N) is 1. The maximum atomic E-state index is 14.0. The van der Waals surface area contributed by atoms with Gasteiger partial charge in [0.1, 0.15) is 12.6 Å². The molecule has 0 radical (unpaired) electrons. The van der Waals surface area contributed by atoms with E-state index in [0.29, 0.717) is 32.7 Å². The fraction of sp³-hybridized carbons (Fsp3) is 0.310. The molecule has 214 valence electrons. The highest BCUT2D eigenvalue weighted by Gasteiger charge is 2.33. The van der Waals surface area contributed by atoms with E-state index < -0.39 is 28.5 Å². The van der Waals surface area contributed by atoms with Crippen LogP contribution in [-0.2, 0) is 26.2 Å². The molecule has 2 amide bonds. The molecule has 40 heavy (non-hydrogen) atoms. The second kappa shape index (κ2) is 14.2. The minimum atomic E-state index is -4.18. The molecule has 3 aromatic rings. The van der Waals surface area contributed by atoms with Gasteiger partial charge in [-0.25, -0.2) is 8.42 Å². The zero-order valence-corrected chi connectivity index (χ0v) is 25.6. The standard InChI is InChI=1S/C29H32Cl3N3O4S/c1-4-5-16-33-29(37)21(3)34(18-24-25(31)12-9-13-26(24)32)28(36)19-35(27-15-14-22(30)17-20(27)2)40(38,39)23-10-7-6-8-11-23/h6-15,17,21H,4-5,16,18-19H2,1-3H3,(H,33,37)/t21-/m0/s1. The molecular formula is C29H32Cl3N3O4S. The highest BCUT2D eigenvalue weighted by molar-refractivity contribution is 7.92. The fourth-order valence-electron chi connectivity index (χ4n) is 4.10. The van der Waals surface area contributed by atoms with Gasteiger partial charge in [0.25, 0.3) is 10.0 Å². The van der Waals surface area contributed by atoms with Gasteiger partial charge in [-0.05, 0) is 68.3 Å². The lowest BCUT2D eigenvalue weighted by molar-refractivity contribution is -0.139. The second-order valence-corrected chi connectivity index (χ2v) is 12.4. The lowest BCUT2D eigenvalue weighted by atomic mass is 10.1. The summed E-state index contributed by atoms with van der Waals surface area (Å²) in [5, 5.41) is 3.92. The number of sulfonamides is 1. The molecule has 1 atom stereocenters. The predicted molar refractivity (Wildman–Crippen MR) is 162 cm³/mol. The topological polar surface area (TPSA) is 86.8 Å². The predicted octanol–water partition coefficient (Wildman–Crippen LogP) is 6.48. The van der Waals surface area contributed by atoms with E-state index in [9.17, 15) is 18.0 Å². The van der Waals surface area contributed by atoms with Crippen LogP contribution in [0.25, 0.3) is 0 Å². The number of anilines is 1. The summed E-state index contributed by atoms with van der Waals surface area (Å²) in [4.78, 5) is 28.4. The van der Waals surface area contributed by atoms with E-state index in [4.69, 9.17) is 34.8 Å². The summed E-state index contributed by atoms with van der Waals surface area (Å²) in [7, 11) is -4.18. The lowest BCUT2D eigenvalue weighted by Gasteiger charge is -2.32. The minimum absolute atomic E-state index is 0.0169. The van der Waals surface area contributed by atoms with Gasteiger partial charge in [-0.15, -0.1) is 0 Å². The average molecular weight is 625 g/mol. The summed E-state index contributed by atoms with van der Waals surface area (Å²) < 4.78 is 28.8. The Bertz CT molecular complexity index is 1430. The van der Waals surface area contributed by atoms with Crippen LogP contribution in [0.15, 0.2) is 71.6 Å². The second-order valence-electron chi connectivity index (χ2n) is 9.30. The average Bonchev–Trinajstić information content (AvgIpc) is 2.92. The number of rotatable bonds is 12. The highest BCUT2D eigenvalue weighted by atomic mass is 35.5. The number of benzene rings is 3. The largest absolute Gasteiger partial charge is 0.354 e. The van der Waals surface area contributed by atoms with E-state index in [1.54, 1.807) is 68.4 Å². The van der Waals surface area contributed by atoms with E-state index >= 15 is 0 Å². The summed E-state index contributed by atoms with van der Waals surface area (Å²) in [5.74, 6) is -0.979. The van der Waals surface area contributed by atoms with Crippen molar-refractivity contribution in [2.45, 2.75) is 51.1 Å². The SMILES string of the molecule is CCCCNC(=O)[C@H](C)N(Cc1c(Cl)cccc1Cl)C(=O)CN(c1ccc(Cl)cc1C)S(=O)(=O)c1ccccc1. The van der Waals surface area contributed by atoms with Gasteiger partial charge in [0, 0.05) is 33.7 Å². The van der Waals surface area contributed by atoms with Crippen molar-refractivity contribution in [2.24, 2.45) is 0 Å². The summed E-state index contributed by atoms with van der Waals surface area (Å²) >= 11 is 19.0. The van der Waals surface area contributed by atoms with E-state index in [1.807, 2.05) is 6.92 Å². The Hall–Kier alpha value is -2.78. The number of aryl methyl sites for hydroxylation is 1. The van der Waals surface area contributed by atoms with Crippen molar-refractivity contribution in [3.63, 3.8) is 0 Å². The first kappa shape index (κ1) is 31.7. The molecule has 3 rings (SSSR count). The Labute approximate surface area is 251 Å². The maximum Gasteiger partial charge on any atom is 0.264 e.